The van der Waals surface area contributed by atoms with Gasteiger partial charge in [-0.15, -0.1) is 0 Å². The van der Waals surface area contributed by atoms with Gasteiger partial charge < -0.3 is 20.3 Å². The fourth-order valence-electron chi connectivity index (χ4n) is 4.07. The summed E-state index contributed by atoms with van der Waals surface area (Å²) in [4.78, 5) is 28.6. The molecule has 0 bridgehead atoms. The third-order valence-electron chi connectivity index (χ3n) is 5.84. The summed E-state index contributed by atoms with van der Waals surface area (Å²) in [6.07, 6.45) is 1.94. The van der Waals surface area contributed by atoms with E-state index < -0.39 is 11.1 Å². The average molecular weight is 329 g/mol. The number of hydrogen-bond donors (Lipinski definition) is 1. The van der Waals surface area contributed by atoms with Gasteiger partial charge in [-0.25, -0.2) is 0 Å². The number of amides is 2. The van der Waals surface area contributed by atoms with Crippen LogP contribution in [0.25, 0.3) is 0 Å². The van der Waals surface area contributed by atoms with Gasteiger partial charge in [0.15, 0.2) is 0 Å². The Hall–Kier alpha value is -1.92. The fraction of sp³-hybridized carbons (Fsp3) is 0.556. The van der Waals surface area contributed by atoms with Crippen LogP contribution >= 0.6 is 0 Å². The summed E-state index contributed by atoms with van der Waals surface area (Å²) in [5.41, 5.74) is 5.97. The van der Waals surface area contributed by atoms with E-state index in [2.05, 4.69) is 0 Å². The summed E-state index contributed by atoms with van der Waals surface area (Å²) in [5, 5.41) is 0. The smallest absolute Gasteiger partial charge is 0.249 e. The first kappa shape index (κ1) is 15.6. The normalized spacial score (nSPS) is 31.6. The molecule has 3 fully saturated rings. The Morgan fingerprint density at radius 3 is 2.62 bits per heavy atom. The topological polar surface area (TPSA) is 75.9 Å². The van der Waals surface area contributed by atoms with Crippen LogP contribution in [-0.2, 0) is 19.9 Å². The van der Waals surface area contributed by atoms with Gasteiger partial charge in [0.25, 0.3) is 0 Å². The maximum Gasteiger partial charge on any atom is 0.249 e. The number of likely N-dealkylation sites (tertiary alicyclic amines) is 1. The van der Waals surface area contributed by atoms with Crippen LogP contribution < -0.4 is 5.73 Å². The van der Waals surface area contributed by atoms with Gasteiger partial charge >= 0.3 is 0 Å². The molecule has 0 spiro atoms. The Kier molecular flexibility index (Phi) is 3.44. The Balaban J connectivity index is 1.67. The van der Waals surface area contributed by atoms with Crippen molar-refractivity contribution in [3.05, 3.63) is 35.9 Å². The van der Waals surface area contributed by atoms with Gasteiger partial charge in [-0.1, -0.05) is 30.3 Å². The van der Waals surface area contributed by atoms with E-state index in [1.165, 1.54) is 0 Å². The second kappa shape index (κ2) is 5.29. The molecule has 0 aromatic heterocycles. The minimum atomic E-state index is -0.664. The van der Waals surface area contributed by atoms with E-state index in [4.69, 9.17) is 10.5 Å². The highest BCUT2D eigenvalue weighted by atomic mass is 16.5. The standard InChI is InChI=1S/C18H23N3O3/c1-20-15(22)12-24-14-11-21(16(23)17(19)7-8-17)10-9-18(14,20)13-5-3-2-4-6-13/h2-6,14H,7-12,19H2,1H3/t14-,18+/m1/s1. The second-order valence-corrected chi connectivity index (χ2v) is 7.20. The third kappa shape index (κ3) is 2.17. The lowest BCUT2D eigenvalue weighted by atomic mass is 9.76. The molecule has 128 valence electrons. The predicted molar refractivity (Wildman–Crippen MR) is 88.0 cm³/mol. The van der Waals surface area contributed by atoms with Crippen LogP contribution in [0.4, 0.5) is 0 Å². The van der Waals surface area contributed by atoms with Crippen LogP contribution in [0, 0.1) is 0 Å². The number of benzene rings is 1. The molecule has 2 saturated heterocycles. The summed E-state index contributed by atoms with van der Waals surface area (Å²) in [6.45, 7) is 1.13. The number of piperidine rings is 1. The molecule has 1 aromatic rings. The van der Waals surface area contributed by atoms with Crippen molar-refractivity contribution in [1.29, 1.82) is 0 Å². The van der Waals surface area contributed by atoms with Gasteiger partial charge in [0.2, 0.25) is 11.8 Å². The van der Waals surface area contributed by atoms with E-state index in [0.717, 1.165) is 18.4 Å². The number of ether oxygens (including phenoxy) is 1. The van der Waals surface area contributed by atoms with Gasteiger partial charge in [0, 0.05) is 20.1 Å². The number of fused-ring (bicyclic) bond motifs is 1. The Morgan fingerprint density at radius 2 is 1.96 bits per heavy atom. The lowest BCUT2D eigenvalue weighted by molar-refractivity contribution is -0.184. The molecular formula is C18H23N3O3. The van der Waals surface area contributed by atoms with E-state index in [-0.39, 0.29) is 24.5 Å². The summed E-state index contributed by atoms with van der Waals surface area (Å²) >= 11 is 0. The second-order valence-electron chi connectivity index (χ2n) is 7.20. The molecule has 6 nitrogen and oxygen atoms in total. The average Bonchev–Trinajstić information content (AvgIpc) is 3.37. The summed E-state index contributed by atoms with van der Waals surface area (Å²) in [7, 11) is 1.84. The molecular weight excluding hydrogens is 306 g/mol. The number of nitrogens with two attached hydrogens (primary N) is 1. The van der Waals surface area contributed by atoms with Crippen LogP contribution in [0.1, 0.15) is 24.8 Å². The number of rotatable bonds is 2. The number of carbonyl (C=O) groups is 2. The van der Waals surface area contributed by atoms with Crippen molar-refractivity contribution in [2.45, 2.75) is 36.4 Å². The van der Waals surface area contributed by atoms with Crippen molar-refractivity contribution >= 4 is 11.8 Å². The molecule has 24 heavy (non-hydrogen) atoms. The zero-order chi connectivity index (χ0) is 16.9. The highest BCUT2D eigenvalue weighted by molar-refractivity contribution is 5.89. The Labute approximate surface area is 141 Å². The largest absolute Gasteiger partial charge is 0.364 e. The molecule has 2 N–H and O–H groups in total. The van der Waals surface area contributed by atoms with Crippen molar-refractivity contribution in [3.63, 3.8) is 0 Å². The molecule has 1 aliphatic carbocycles. The molecule has 2 aliphatic heterocycles. The van der Waals surface area contributed by atoms with Crippen LogP contribution in [0.3, 0.4) is 0 Å². The zero-order valence-electron chi connectivity index (χ0n) is 13.9. The van der Waals surface area contributed by atoms with Gasteiger partial charge in [-0.2, -0.15) is 0 Å². The van der Waals surface area contributed by atoms with Gasteiger partial charge in [-0.05, 0) is 24.8 Å². The monoisotopic (exact) mass is 329 g/mol. The summed E-state index contributed by atoms with van der Waals surface area (Å²) in [5.74, 6) is -0.000294. The minimum Gasteiger partial charge on any atom is -0.364 e. The lowest BCUT2D eigenvalue weighted by Gasteiger charge is -2.55. The number of nitrogens with zero attached hydrogens (tertiary/aromatic N) is 2. The van der Waals surface area contributed by atoms with Gasteiger partial charge in [0.05, 0.1) is 11.1 Å². The minimum absolute atomic E-state index is 0.0207. The van der Waals surface area contributed by atoms with Crippen LogP contribution in [0.15, 0.2) is 30.3 Å². The fourth-order valence-corrected chi connectivity index (χ4v) is 4.07. The SMILES string of the molecule is CN1C(=O)CO[C@@H]2CN(C(=O)C3(N)CC3)CC[C@]21c1ccccc1. The number of hydrogen-bond acceptors (Lipinski definition) is 4. The number of carbonyl (C=O) groups excluding carboxylic acids is 2. The maximum atomic E-state index is 12.6. The van der Waals surface area contributed by atoms with E-state index in [0.29, 0.717) is 19.5 Å². The van der Waals surface area contributed by atoms with Gasteiger partial charge in [0.1, 0.15) is 12.7 Å². The van der Waals surface area contributed by atoms with E-state index in [1.54, 1.807) is 0 Å². The van der Waals surface area contributed by atoms with E-state index in [1.807, 2.05) is 47.2 Å². The number of morpholine rings is 1. The maximum absolute atomic E-state index is 12.6. The first-order valence-corrected chi connectivity index (χ1v) is 8.49. The summed E-state index contributed by atoms with van der Waals surface area (Å²) in [6, 6.07) is 9.99. The lowest BCUT2D eigenvalue weighted by Crippen LogP contribution is -2.68. The first-order chi connectivity index (χ1) is 11.5. The molecule has 2 heterocycles. The molecule has 4 rings (SSSR count). The Bertz CT molecular complexity index is 673. The molecule has 0 radical (unpaired) electrons. The number of likely N-dealkylation sites (N-methyl/N-ethyl adjacent to an activating group) is 1. The highest BCUT2D eigenvalue weighted by Crippen LogP contribution is 2.43. The van der Waals surface area contributed by atoms with Gasteiger partial charge in [-0.3, -0.25) is 9.59 Å². The van der Waals surface area contributed by atoms with Crippen LogP contribution in [0.2, 0.25) is 0 Å². The summed E-state index contributed by atoms with van der Waals surface area (Å²) < 4.78 is 5.91. The molecule has 6 heteroatoms. The van der Waals surface area contributed by atoms with Crippen molar-refractivity contribution in [2.24, 2.45) is 5.73 Å². The van der Waals surface area contributed by atoms with Crippen molar-refractivity contribution in [2.75, 3.05) is 26.7 Å². The van der Waals surface area contributed by atoms with Crippen LogP contribution in [0.5, 0.6) is 0 Å². The first-order valence-electron chi connectivity index (χ1n) is 8.49. The van der Waals surface area contributed by atoms with Crippen molar-refractivity contribution in [3.8, 4) is 0 Å². The third-order valence-corrected chi connectivity index (χ3v) is 5.84. The molecule has 2 atom stereocenters. The Morgan fingerprint density at radius 1 is 1.25 bits per heavy atom. The van der Waals surface area contributed by atoms with Crippen molar-refractivity contribution < 1.29 is 14.3 Å². The van der Waals surface area contributed by atoms with E-state index in [9.17, 15) is 9.59 Å². The zero-order valence-corrected chi connectivity index (χ0v) is 13.9. The molecule has 3 aliphatic rings. The highest BCUT2D eigenvalue weighted by Gasteiger charge is 2.56. The molecule has 2 amide bonds. The molecule has 1 aromatic carbocycles. The van der Waals surface area contributed by atoms with Crippen LogP contribution in [-0.4, -0.2) is 60.0 Å². The predicted octanol–water partition coefficient (Wildman–Crippen LogP) is 0.463. The molecule has 0 unspecified atom stereocenters. The van der Waals surface area contributed by atoms with Crippen molar-refractivity contribution in [1.82, 2.24) is 9.80 Å². The van der Waals surface area contributed by atoms with E-state index >= 15 is 0 Å². The molecule has 1 saturated carbocycles. The quantitative estimate of drug-likeness (QED) is 0.855.